The Morgan fingerprint density at radius 2 is 1.55 bits per heavy atom. The smallest absolute Gasteiger partial charge is 0.220 e. The molecule has 0 aliphatic carbocycles. The zero-order chi connectivity index (χ0) is 16.5. The van der Waals surface area contributed by atoms with E-state index in [9.17, 15) is 9.59 Å². The first kappa shape index (κ1) is 17.8. The van der Waals surface area contributed by atoms with Gasteiger partial charge in [0.25, 0.3) is 0 Å². The Morgan fingerprint density at radius 3 is 2.09 bits per heavy atom. The summed E-state index contributed by atoms with van der Waals surface area (Å²) in [6.45, 7) is 1.84. The molecule has 1 aromatic carbocycles. The molecule has 0 spiro atoms. The van der Waals surface area contributed by atoms with Crippen LogP contribution in [0.15, 0.2) is 12.1 Å². The van der Waals surface area contributed by atoms with Crippen molar-refractivity contribution in [2.24, 2.45) is 0 Å². The Morgan fingerprint density at radius 1 is 0.955 bits per heavy atom. The van der Waals surface area contributed by atoms with Crippen LogP contribution in [0, 0.1) is 0 Å². The van der Waals surface area contributed by atoms with Gasteiger partial charge in [-0.2, -0.15) is 0 Å². The summed E-state index contributed by atoms with van der Waals surface area (Å²) in [5.41, 5.74) is 0.792. The maximum Gasteiger partial charge on any atom is 0.220 e. The van der Waals surface area contributed by atoms with Gasteiger partial charge in [-0.05, 0) is 19.4 Å². The van der Waals surface area contributed by atoms with Gasteiger partial charge in [0.05, 0.1) is 21.3 Å². The summed E-state index contributed by atoms with van der Waals surface area (Å²) in [6.07, 6.45) is 1.31. The number of hydrogen-bond acceptors (Lipinski definition) is 5. The molecule has 6 nitrogen and oxygen atoms in total. The molecule has 22 heavy (non-hydrogen) atoms. The molecule has 0 atom stereocenters. The number of hydrogen-bond donors (Lipinski definition) is 1. The molecule has 0 saturated carbocycles. The van der Waals surface area contributed by atoms with Gasteiger partial charge in [-0.15, -0.1) is 0 Å². The van der Waals surface area contributed by atoms with E-state index in [4.69, 9.17) is 14.2 Å². The minimum atomic E-state index is -0.0990. The summed E-state index contributed by atoms with van der Waals surface area (Å²) >= 11 is 0. The van der Waals surface area contributed by atoms with E-state index in [1.54, 1.807) is 33.5 Å². The van der Waals surface area contributed by atoms with Gasteiger partial charge in [-0.1, -0.05) is 0 Å². The number of nitrogens with one attached hydrogen (secondary N) is 1. The third kappa shape index (κ3) is 5.27. The summed E-state index contributed by atoms with van der Waals surface area (Å²) in [5, 5.41) is 2.81. The highest BCUT2D eigenvalue weighted by atomic mass is 16.5. The Kier molecular flexibility index (Phi) is 7.22. The molecule has 0 aliphatic heterocycles. The topological polar surface area (TPSA) is 73.9 Å². The van der Waals surface area contributed by atoms with Crippen LogP contribution in [0.2, 0.25) is 0 Å². The van der Waals surface area contributed by atoms with Crippen molar-refractivity contribution < 1.29 is 23.8 Å². The summed E-state index contributed by atoms with van der Waals surface area (Å²) in [6, 6.07) is 3.49. The van der Waals surface area contributed by atoms with E-state index in [2.05, 4.69) is 5.32 Å². The minimum absolute atomic E-state index is 0.0920. The molecule has 0 heterocycles. The van der Waals surface area contributed by atoms with Crippen LogP contribution in [0.5, 0.6) is 17.2 Å². The van der Waals surface area contributed by atoms with Crippen LogP contribution in [0.25, 0.3) is 0 Å². The van der Waals surface area contributed by atoms with Crippen LogP contribution < -0.4 is 19.5 Å². The fraction of sp³-hybridized carbons (Fsp3) is 0.500. The van der Waals surface area contributed by atoms with E-state index in [0.717, 1.165) is 5.56 Å². The van der Waals surface area contributed by atoms with Crippen molar-refractivity contribution in [1.29, 1.82) is 0 Å². The van der Waals surface area contributed by atoms with E-state index in [1.165, 1.54) is 6.92 Å². The monoisotopic (exact) mass is 309 g/mol. The van der Waals surface area contributed by atoms with Crippen molar-refractivity contribution in [3.63, 3.8) is 0 Å². The highest BCUT2D eigenvalue weighted by Gasteiger charge is 2.12. The number of ether oxygens (including phenoxy) is 3. The number of carbonyl (C=O) groups is 2. The molecule has 1 amide bonds. The van der Waals surface area contributed by atoms with E-state index in [-0.39, 0.29) is 11.7 Å². The summed E-state index contributed by atoms with van der Waals surface area (Å²) in [4.78, 5) is 22.6. The molecule has 0 radical (unpaired) electrons. The zero-order valence-electron chi connectivity index (χ0n) is 13.5. The van der Waals surface area contributed by atoms with Crippen LogP contribution in [-0.4, -0.2) is 33.0 Å². The molecule has 0 bridgehead atoms. The number of benzene rings is 1. The fourth-order valence-electron chi connectivity index (χ4n) is 2.01. The van der Waals surface area contributed by atoms with Gasteiger partial charge in [0, 0.05) is 31.0 Å². The second kappa shape index (κ2) is 8.92. The van der Waals surface area contributed by atoms with Crippen molar-refractivity contribution >= 4 is 11.7 Å². The SMILES string of the molecule is COc1cc(OC)c(OC)cc1CNC(=O)CCCC(C)=O. The van der Waals surface area contributed by atoms with Gasteiger partial charge in [-0.3, -0.25) is 4.79 Å². The fourth-order valence-corrected chi connectivity index (χ4v) is 2.01. The Labute approximate surface area is 130 Å². The first-order valence-electron chi connectivity index (χ1n) is 7.06. The van der Waals surface area contributed by atoms with Crippen molar-refractivity contribution in [2.45, 2.75) is 32.7 Å². The predicted octanol–water partition coefficient (Wildman–Crippen LogP) is 2.09. The molecule has 0 fully saturated rings. The molecular weight excluding hydrogens is 286 g/mol. The van der Waals surface area contributed by atoms with Crippen molar-refractivity contribution in [2.75, 3.05) is 21.3 Å². The van der Waals surface area contributed by atoms with Gasteiger partial charge in [-0.25, -0.2) is 0 Å². The molecule has 0 saturated heterocycles. The van der Waals surface area contributed by atoms with Gasteiger partial charge in [0.15, 0.2) is 11.5 Å². The average molecular weight is 309 g/mol. The molecule has 1 N–H and O–H groups in total. The lowest BCUT2D eigenvalue weighted by Crippen LogP contribution is -2.22. The lowest BCUT2D eigenvalue weighted by Gasteiger charge is -2.14. The van der Waals surface area contributed by atoms with Crippen molar-refractivity contribution in [3.8, 4) is 17.2 Å². The number of carbonyl (C=O) groups excluding carboxylic acids is 2. The third-order valence-corrected chi connectivity index (χ3v) is 3.20. The highest BCUT2D eigenvalue weighted by molar-refractivity contribution is 5.78. The molecule has 1 aromatic rings. The van der Waals surface area contributed by atoms with Crippen LogP contribution in [0.1, 0.15) is 31.7 Å². The number of ketones is 1. The van der Waals surface area contributed by atoms with Crippen LogP contribution in [0.3, 0.4) is 0 Å². The maximum absolute atomic E-state index is 11.8. The summed E-state index contributed by atoms with van der Waals surface area (Å²) in [7, 11) is 4.65. The summed E-state index contributed by atoms with van der Waals surface area (Å²) < 4.78 is 15.8. The van der Waals surface area contributed by atoms with E-state index in [0.29, 0.717) is 43.1 Å². The third-order valence-electron chi connectivity index (χ3n) is 3.20. The first-order valence-corrected chi connectivity index (χ1v) is 7.06. The standard InChI is InChI=1S/C16H23NO5/c1-11(18)6-5-7-16(19)17-10-12-8-14(21-3)15(22-4)9-13(12)20-2/h8-9H,5-7,10H2,1-4H3,(H,17,19). The summed E-state index contributed by atoms with van der Waals surface area (Å²) in [5.74, 6) is 1.74. The molecule has 6 heteroatoms. The van der Waals surface area contributed by atoms with Crippen molar-refractivity contribution in [1.82, 2.24) is 5.32 Å². The largest absolute Gasteiger partial charge is 0.496 e. The highest BCUT2D eigenvalue weighted by Crippen LogP contribution is 2.34. The molecule has 122 valence electrons. The number of Topliss-reactive ketones (excluding diaryl/α,β-unsaturated/α-hetero) is 1. The zero-order valence-corrected chi connectivity index (χ0v) is 13.5. The lowest BCUT2D eigenvalue weighted by atomic mass is 10.1. The average Bonchev–Trinajstić information content (AvgIpc) is 2.51. The Bertz CT molecular complexity index is 528. The molecule has 0 aliphatic rings. The Hall–Kier alpha value is -2.24. The predicted molar refractivity (Wildman–Crippen MR) is 82.5 cm³/mol. The van der Waals surface area contributed by atoms with Crippen LogP contribution >= 0.6 is 0 Å². The quantitative estimate of drug-likeness (QED) is 0.756. The van der Waals surface area contributed by atoms with Crippen molar-refractivity contribution in [3.05, 3.63) is 17.7 Å². The molecule has 0 aromatic heterocycles. The second-order valence-corrected chi connectivity index (χ2v) is 4.85. The van der Waals surface area contributed by atoms with Crippen LogP contribution in [0.4, 0.5) is 0 Å². The number of amides is 1. The van der Waals surface area contributed by atoms with E-state index in [1.807, 2.05) is 0 Å². The van der Waals surface area contributed by atoms with E-state index < -0.39 is 0 Å². The van der Waals surface area contributed by atoms with Gasteiger partial charge >= 0.3 is 0 Å². The molecular formula is C16H23NO5. The minimum Gasteiger partial charge on any atom is -0.496 e. The van der Waals surface area contributed by atoms with E-state index >= 15 is 0 Å². The first-order chi connectivity index (χ1) is 10.5. The van der Waals surface area contributed by atoms with Crippen LogP contribution in [-0.2, 0) is 16.1 Å². The normalized spacial score (nSPS) is 10.0. The second-order valence-electron chi connectivity index (χ2n) is 4.85. The van der Waals surface area contributed by atoms with Gasteiger partial charge < -0.3 is 24.3 Å². The Balaban J connectivity index is 2.68. The number of rotatable bonds is 9. The number of methoxy groups -OCH3 is 3. The van der Waals surface area contributed by atoms with Gasteiger partial charge in [0.1, 0.15) is 11.5 Å². The molecule has 0 unspecified atom stereocenters. The maximum atomic E-state index is 11.8. The lowest BCUT2D eigenvalue weighted by molar-refractivity contribution is -0.121. The molecule has 1 rings (SSSR count). The van der Waals surface area contributed by atoms with Gasteiger partial charge in [0.2, 0.25) is 5.91 Å².